The first-order valence-electron chi connectivity index (χ1n) is 10.7. The molecular formula is C20H44O6Si3. The van der Waals surface area contributed by atoms with Gasteiger partial charge in [0.2, 0.25) is 0 Å². The fraction of sp³-hybridized carbons (Fsp3) is 0.850. The topological polar surface area (TPSA) is 74.2 Å². The molecule has 0 aliphatic carbocycles. The van der Waals surface area contributed by atoms with Gasteiger partial charge in [-0.25, -0.2) is 4.79 Å². The maximum absolute atomic E-state index is 11.2. The largest absolute Gasteiger partial charge is 0.462 e. The Kier molecular flexibility index (Phi) is 14.5. The van der Waals surface area contributed by atoms with Gasteiger partial charge < -0.3 is 23.4 Å². The van der Waals surface area contributed by atoms with E-state index in [-0.39, 0.29) is 11.9 Å². The molecule has 29 heavy (non-hydrogen) atoms. The third-order valence-electron chi connectivity index (χ3n) is 3.77. The summed E-state index contributed by atoms with van der Waals surface area (Å²) < 4.78 is 23.1. The summed E-state index contributed by atoms with van der Waals surface area (Å²) in [5.41, 5.74) is 0.409. The standard InChI is InChI=1S/C20H44O6Si3/c1-17(2)19(22)24-14-10-9-12-18(21)16-23-13-11-15-27-20(25-28(3,4)5)26-29(6,7)8/h18,20-21H,1,9-16,27H2,2-8H3. The first-order chi connectivity index (χ1) is 13.3. The molecule has 172 valence electrons. The summed E-state index contributed by atoms with van der Waals surface area (Å²) in [6.07, 6.45) is 2.69. The third-order valence-corrected chi connectivity index (χ3v) is 8.09. The SMILES string of the molecule is C=C(C)C(=O)OCCCCC(O)COCCC[SiH2]C(O[Si](C)(C)C)O[Si](C)(C)C. The number of hydrogen-bond acceptors (Lipinski definition) is 6. The molecule has 0 bridgehead atoms. The lowest BCUT2D eigenvalue weighted by Crippen LogP contribution is -2.43. The van der Waals surface area contributed by atoms with Crippen molar-refractivity contribution in [3.8, 4) is 0 Å². The van der Waals surface area contributed by atoms with Gasteiger partial charge in [-0.15, -0.1) is 0 Å². The molecule has 0 spiro atoms. The molecular weight excluding hydrogens is 420 g/mol. The first-order valence-corrected chi connectivity index (χ1v) is 19.4. The number of aliphatic hydroxyl groups excluding tert-OH is 1. The van der Waals surface area contributed by atoms with Gasteiger partial charge in [0.25, 0.3) is 0 Å². The average Bonchev–Trinajstić information content (AvgIpc) is 2.54. The Hall–Kier alpha value is -0.299. The molecule has 0 amide bonds. The lowest BCUT2D eigenvalue weighted by Gasteiger charge is -2.31. The molecule has 1 N–H and O–H groups in total. The molecule has 1 atom stereocenters. The lowest BCUT2D eigenvalue weighted by atomic mass is 10.2. The number of carbonyl (C=O) groups is 1. The van der Waals surface area contributed by atoms with Crippen LogP contribution in [-0.4, -0.2) is 69.1 Å². The second-order valence-electron chi connectivity index (χ2n) is 9.53. The van der Waals surface area contributed by atoms with Crippen molar-refractivity contribution in [1.29, 1.82) is 0 Å². The first kappa shape index (κ1) is 28.7. The molecule has 1 unspecified atom stereocenters. The van der Waals surface area contributed by atoms with Crippen LogP contribution >= 0.6 is 0 Å². The van der Waals surface area contributed by atoms with E-state index in [0.29, 0.717) is 31.8 Å². The second kappa shape index (κ2) is 14.7. The Morgan fingerprint density at radius 2 is 1.59 bits per heavy atom. The molecule has 0 aliphatic heterocycles. The van der Waals surface area contributed by atoms with Crippen LogP contribution in [0.4, 0.5) is 0 Å². The van der Waals surface area contributed by atoms with Crippen LogP contribution in [-0.2, 0) is 23.1 Å². The molecule has 0 radical (unpaired) electrons. The summed E-state index contributed by atoms with van der Waals surface area (Å²) >= 11 is 0. The summed E-state index contributed by atoms with van der Waals surface area (Å²) in [6.45, 7) is 19.8. The number of ether oxygens (including phenoxy) is 2. The quantitative estimate of drug-likeness (QED) is 0.116. The van der Waals surface area contributed by atoms with Gasteiger partial charge in [0.05, 0.1) is 28.8 Å². The molecule has 0 saturated heterocycles. The van der Waals surface area contributed by atoms with Gasteiger partial charge in [-0.3, -0.25) is 0 Å². The Morgan fingerprint density at radius 3 is 2.10 bits per heavy atom. The van der Waals surface area contributed by atoms with E-state index in [1.54, 1.807) is 6.92 Å². The minimum Gasteiger partial charge on any atom is -0.462 e. The highest BCUT2D eigenvalue weighted by Crippen LogP contribution is 2.15. The highest BCUT2D eigenvalue weighted by atomic mass is 28.4. The van der Waals surface area contributed by atoms with Crippen LogP contribution < -0.4 is 0 Å². The smallest absolute Gasteiger partial charge is 0.333 e. The third kappa shape index (κ3) is 19.4. The number of aliphatic hydroxyl groups is 1. The van der Waals surface area contributed by atoms with Crippen LogP contribution in [0.25, 0.3) is 0 Å². The number of unbranched alkanes of at least 4 members (excludes halogenated alkanes) is 1. The van der Waals surface area contributed by atoms with Gasteiger partial charge in [-0.1, -0.05) is 12.6 Å². The maximum Gasteiger partial charge on any atom is 0.333 e. The van der Waals surface area contributed by atoms with Crippen molar-refractivity contribution in [2.24, 2.45) is 0 Å². The molecule has 9 heteroatoms. The monoisotopic (exact) mass is 464 g/mol. The van der Waals surface area contributed by atoms with Crippen molar-refractivity contribution < 1.29 is 28.2 Å². The number of hydrogen-bond donors (Lipinski definition) is 1. The fourth-order valence-electron chi connectivity index (χ4n) is 2.52. The summed E-state index contributed by atoms with van der Waals surface area (Å²) in [4.78, 5) is 11.2. The van der Waals surface area contributed by atoms with Gasteiger partial charge in [0, 0.05) is 12.2 Å². The normalized spacial score (nSPS) is 14.0. The zero-order valence-corrected chi connectivity index (χ0v) is 23.1. The zero-order chi connectivity index (χ0) is 22.5. The molecule has 0 aromatic heterocycles. The predicted octanol–water partition coefficient (Wildman–Crippen LogP) is 3.62. The van der Waals surface area contributed by atoms with Crippen LogP contribution in [0.1, 0.15) is 32.6 Å². The minimum atomic E-state index is -1.61. The Bertz CT molecular complexity index is 458. The summed E-state index contributed by atoms with van der Waals surface area (Å²) in [7, 11) is -3.69. The Morgan fingerprint density at radius 1 is 1.00 bits per heavy atom. The lowest BCUT2D eigenvalue weighted by molar-refractivity contribution is -0.139. The van der Waals surface area contributed by atoms with Gasteiger partial charge >= 0.3 is 5.97 Å². The van der Waals surface area contributed by atoms with Gasteiger partial charge in [-0.05, 0) is 71.9 Å². The molecule has 0 heterocycles. The number of carbonyl (C=O) groups excluding carboxylic acids is 1. The van der Waals surface area contributed by atoms with Gasteiger partial charge in [0.1, 0.15) is 5.91 Å². The Labute approximate surface area is 182 Å². The van der Waals surface area contributed by atoms with Crippen LogP contribution in [0.5, 0.6) is 0 Å². The average molecular weight is 465 g/mol. The van der Waals surface area contributed by atoms with E-state index in [0.717, 1.165) is 25.3 Å². The molecule has 0 aromatic rings. The van der Waals surface area contributed by atoms with E-state index in [9.17, 15) is 9.90 Å². The fourth-order valence-corrected chi connectivity index (χ4v) is 9.06. The van der Waals surface area contributed by atoms with Gasteiger partial charge in [0.15, 0.2) is 16.6 Å². The van der Waals surface area contributed by atoms with Crippen molar-refractivity contribution in [2.45, 2.75) is 90.0 Å². The van der Waals surface area contributed by atoms with Crippen LogP contribution in [0.3, 0.4) is 0 Å². The van der Waals surface area contributed by atoms with E-state index in [1.807, 2.05) is 0 Å². The number of esters is 1. The van der Waals surface area contributed by atoms with E-state index < -0.39 is 32.3 Å². The van der Waals surface area contributed by atoms with E-state index in [4.69, 9.17) is 18.3 Å². The van der Waals surface area contributed by atoms with Crippen molar-refractivity contribution in [3.05, 3.63) is 12.2 Å². The maximum atomic E-state index is 11.2. The summed E-state index contributed by atoms with van der Waals surface area (Å²) in [5.74, 6) is -0.331. The molecule has 0 saturated carbocycles. The molecule has 6 nitrogen and oxygen atoms in total. The van der Waals surface area contributed by atoms with E-state index in [2.05, 4.69) is 45.9 Å². The zero-order valence-electron chi connectivity index (χ0n) is 19.7. The second-order valence-corrected chi connectivity index (χ2v) is 20.4. The van der Waals surface area contributed by atoms with E-state index >= 15 is 0 Å². The highest BCUT2D eigenvalue weighted by molar-refractivity contribution is 6.71. The van der Waals surface area contributed by atoms with Crippen molar-refractivity contribution in [2.75, 3.05) is 19.8 Å². The highest BCUT2D eigenvalue weighted by Gasteiger charge is 2.26. The molecule has 0 aromatic carbocycles. The number of rotatable bonds is 17. The molecule has 0 aliphatic rings. The van der Waals surface area contributed by atoms with Crippen molar-refractivity contribution in [1.82, 2.24) is 0 Å². The van der Waals surface area contributed by atoms with Crippen LogP contribution in [0, 0.1) is 0 Å². The molecule has 0 rings (SSSR count). The van der Waals surface area contributed by atoms with Crippen molar-refractivity contribution >= 4 is 32.1 Å². The minimum absolute atomic E-state index is 0.0258. The van der Waals surface area contributed by atoms with Crippen LogP contribution in [0.2, 0.25) is 45.3 Å². The van der Waals surface area contributed by atoms with Crippen LogP contribution in [0.15, 0.2) is 12.2 Å². The van der Waals surface area contributed by atoms with Crippen molar-refractivity contribution in [3.63, 3.8) is 0 Å². The summed E-state index contributed by atoms with van der Waals surface area (Å²) in [6, 6.07) is 1.11. The predicted molar refractivity (Wildman–Crippen MR) is 127 cm³/mol. The Balaban J connectivity index is 3.82. The van der Waals surface area contributed by atoms with Gasteiger partial charge in [-0.2, -0.15) is 0 Å². The molecule has 0 fully saturated rings. The van der Waals surface area contributed by atoms with E-state index in [1.165, 1.54) is 0 Å². The summed E-state index contributed by atoms with van der Waals surface area (Å²) in [5, 5.41) is 9.98.